The number of nitrogens with zero attached hydrogens (tertiary/aromatic N) is 1. The minimum atomic E-state index is -0.0405. The maximum Gasteiger partial charge on any atom is 0.257 e. The first kappa shape index (κ1) is 15.0. The molecule has 2 N–H and O–H groups in total. The smallest absolute Gasteiger partial charge is 0.257 e. The summed E-state index contributed by atoms with van der Waals surface area (Å²) in [7, 11) is 0. The first-order valence-electron chi connectivity index (χ1n) is 7.49. The maximum absolute atomic E-state index is 12.6. The SMILES string of the molecule is CSNc1cccc(NC(=O)c2cc(C)n(C3CC3)c2C)c1. The van der Waals surface area contributed by atoms with Gasteiger partial charge in [0, 0.05) is 35.1 Å². The summed E-state index contributed by atoms with van der Waals surface area (Å²) < 4.78 is 5.46. The highest BCUT2D eigenvalue weighted by Crippen LogP contribution is 2.38. The van der Waals surface area contributed by atoms with Crippen molar-refractivity contribution < 1.29 is 4.79 Å². The van der Waals surface area contributed by atoms with Crippen LogP contribution in [0.2, 0.25) is 0 Å². The lowest BCUT2D eigenvalue weighted by Crippen LogP contribution is -2.13. The third kappa shape index (κ3) is 2.99. The van der Waals surface area contributed by atoms with E-state index in [4.69, 9.17) is 0 Å². The lowest BCUT2D eigenvalue weighted by molar-refractivity contribution is 0.102. The number of aryl methyl sites for hydroxylation is 1. The van der Waals surface area contributed by atoms with Gasteiger partial charge in [0.15, 0.2) is 0 Å². The van der Waals surface area contributed by atoms with Crippen LogP contribution in [0.15, 0.2) is 30.3 Å². The molecule has 22 heavy (non-hydrogen) atoms. The molecule has 1 fully saturated rings. The predicted octanol–water partition coefficient (Wildman–Crippen LogP) is 4.38. The van der Waals surface area contributed by atoms with E-state index < -0.39 is 0 Å². The summed E-state index contributed by atoms with van der Waals surface area (Å²) in [4.78, 5) is 12.6. The van der Waals surface area contributed by atoms with Crippen molar-refractivity contribution in [2.75, 3.05) is 16.3 Å². The third-order valence-electron chi connectivity index (χ3n) is 3.98. The molecule has 1 aliphatic carbocycles. The van der Waals surface area contributed by atoms with E-state index in [-0.39, 0.29) is 5.91 Å². The second kappa shape index (κ2) is 6.08. The van der Waals surface area contributed by atoms with Crippen LogP contribution in [0.4, 0.5) is 11.4 Å². The van der Waals surface area contributed by atoms with E-state index >= 15 is 0 Å². The molecule has 4 nitrogen and oxygen atoms in total. The Labute approximate surface area is 135 Å². The molecule has 0 unspecified atom stereocenters. The molecule has 0 saturated heterocycles. The van der Waals surface area contributed by atoms with Gasteiger partial charge in [-0.05, 0) is 51.0 Å². The standard InChI is InChI=1S/C17H21N3OS/c1-11-9-16(12(2)20(11)15-7-8-15)17(21)18-13-5-4-6-14(10-13)19-22-3/h4-6,9-10,15,19H,7-8H2,1-3H3,(H,18,21). The van der Waals surface area contributed by atoms with Crippen LogP contribution in [-0.2, 0) is 0 Å². The van der Waals surface area contributed by atoms with Crippen molar-refractivity contribution >= 4 is 29.2 Å². The van der Waals surface area contributed by atoms with Crippen molar-refractivity contribution in [1.29, 1.82) is 0 Å². The van der Waals surface area contributed by atoms with Gasteiger partial charge in [0.05, 0.1) is 5.56 Å². The number of amides is 1. The van der Waals surface area contributed by atoms with E-state index in [9.17, 15) is 4.79 Å². The Morgan fingerprint density at radius 3 is 2.64 bits per heavy atom. The first-order chi connectivity index (χ1) is 10.6. The van der Waals surface area contributed by atoms with Gasteiger partial charge in [0.25, 0.3) is 5.91 Å². The maximum atomic E-state index is 12.6. The van der Waals surface area contributed by atoms with Crippen LogP contribution in [0.25, 0.3) is 0 Å². The van der Waals surface area contributed by atoms with Gasteiger partial charge in [-0.3, -0.25) is 4.79 Å². The molecule has 0 radical (unpaired) electrons. The fraction of sp³-hybridized carbons (Fsp3) is 0.353. The van der Waals surface area contributed by atoms with Gasteiger partial charge in [-0.25, -0.2) is 0 Å². The van der Waals surface area contributed by atoms with Gasteiger partial charge in [0.2, 0.25) is 0 Å². The Balaban J connectivity index is 1.80. The zero-order chi connectivity index (χ0) is 15.7. The number of carbonyl (C=O) groups excluding carboxylic acids is 1. The number of nitrogens with one attached hydrogen (secondary N) is 2. The van der Waals surface area contributed by atoms with E-state index in [1.165, 1.54) is 30.5 Å². The predicted molar refractivity (Wildman–Crippen MR) is 93.7 cm³/mol. The average Bonchev–Trinajstić information content (AvgIpc) is 3.25. The molecule has 1 amide bonds. The quantitative estimate of drug-likeness (QED) is 0.805. The zero-order valence-corrected chi connectivity index (χ0v) is 14.0. The number of hydrogen-bond donors (Lipinski definition) is 2. The number of aromatic nitrogens is 1. The number of rotatable bonds is 5. The van der Waals surface area contributed by atoms with Crippen molar-refractivity contribution in [3.8, 4) is 0 Å². The highest BCUT2D eigenvalue weighted by atomic mass is 32.2. The molecule has 1 aromatic heterocycles. The molecule has 0 bridgehead atoms. The normalized spacial score (nSPS) is 14.0. The summed E-state index contributed by atoms with van der Waals surface area (Å²) in [5.74, 6) is -0.0405. The minimum Gasteiger partial charge on any atom is -0.345 e. The van der Waals surface area contributed by atoms with E-state index in [0.717, 1.165) is 22.6 Å². The molecule has 0 spiro atoms. The second-order valence-corrected chi connectivity index (χ2v) is 6.34. The molecule has 5 heteroatoms. The highest BCUT2D eigenvalue weighted by molar-refractivity contribution is 7.99. The lowest BCUT2D eigenvalue weighted by Gasteiger charge is -2.09. The number of carbonyl (C=O) groups is 1. The third-order valence-corrected chi connectivity index (χ3v) is 4.42. The van der Waals surface area contributed by atoms with Gasteiger partial charge in [0.1, 0.15) is 0 Å². The second-order valence-electron chi connectivity index (χ2n) is 5.73. The van der Waals surface area contributed by atoms with Gasteiger partial charge in [-0.2, -0.15) is 0 Å². The Morgan fingerprint density at radius 2 is 1.95 bits per heavy atom. The van der Waals surface area contributed by atoms with E-state index in [1.807, 2.05) is 43.5 Å². The molecular weight excluding hydrogens is 294 g/mol. The summed E-state index contributed by atoms with van der Waals surface area (Å²) in [6.07, 6.45) is 4.41. The number of benzene rings is 1. The molecule has 0 atom stereocenters. The van der Waals surface area contributed by atoms with Crippen molar-refractivity contribution in [2.45, 2.75) is 32.7 Å². The van der Waals surface area contributed by atoms with Crippen LogP contribution in [-0.4, -0.2) is 16.7 Å². The minimum absolute atomic E-state index is 0.0405. The van der Waals surface area contributed by atoms with E-state index in [1.54, 1.807) is 0 Å². The summed E-state index contributed by atoms with van der Waals surface area (Å²) in [6, 6.07) is 10.3. The Hall–Kier alpha value is -1.88. The Bertz CT molecular complexity index is 704. The first-order valence-corrected chi connectivity index (χ1v) is 8.71. The molecule has 1 aromatic carbocycles. The fourth-order valence-electron chi connectivity index (χ4n) is 2.88. The molecular formula is C17H21N3OS. The topological polar surface area (TPSA) is 46.1 Å². The molecule has 1 heterocycles. The van der Waals surface area contributed by atoms with Crippen molar-refractivity contribution in [1.82, 2.24) is 4.57 Å². The average molecular weight is 315 g/mol. The summed E-state index contributed by atoms with van der Waals surface area (Å²) in [5, 5.41) is 3.00. The van der Waals surface area contributed by atoms with Crippen LogP contribution < -0.4 is 10.0 Å². The Kier molecular flexibility index (Phi) is 4.16. The number of anilines is 2. The zero-order valence-electron chi connectivity index (χ0n) is 13.1. The van der Waals surface area contributed by atoms with Crippen LogP contribution in [0, 0.1) is 13.8 Å². The molecule has 1 saturated carbocycles. The van der Waals surface area contributed by atoms with Crippen molar-refractivity contribution in [3.63, 3.8) is 0 Å². The van der Waals surface area contributed by atoms with Crippen LogP contribution >= 0.6 is 11.9 Å². The Morgan fingerprint density at radius 1 is 1.23 bits per heavy atom. The van der Waals surface area contributed by atoms with Crippen molar-refractivity contribution in [3.05, 3.63) is 47.3 Å². The summed E-state index contributed by atoms with van der Waals surface area (Å²) in [5.41, 5.74) is 4.79. The van der Waals surface area contributed by atoms with Gasteiger partial charge in [-0.15, -0.1) is 0 Å². The molecule has 116 valence electrons. The summed E-state index contributed by atoms with van der Waals surface area (Å²) in [6.45, 7) is 4.11. The molecule has 2 aromatic rings. The molecule has 1 aliphatic rings. The monoisotopic (exact) mass is 315 g/mol. The van der Waals surface area contributed by atoms with Gasteiger partial charge < -0.3 is 14.6 Å². The largest absolute Gasteiger partial charge is 0.345 e. The molecule has 0 aliphatic heterocycles. The highest BCUT2D eigenvalue weighted by Gasteiger charge is 2.28. The van der Waals surface area contributed by atoms with Crippen molar-refractivity contribution in [2.24, 2.45) is 0 Å². The number of hydrogen-bond acceptors (Lipinski definition) is 3. The van der Waals surface area contributed by atoms with Gasteiger partial charge in [-0.1, -0.05) is 18.0 Å². The fourth-order valence-corrected chi connectivity index (χ4v) is 3.24. The van der Waals surface area contributed by atoms with E-state index in [0.29, 0.717) is 6.04 Å². The van der Waals surface area contributed by atoms with Gasteiger partial charge >= 0.3 is 0 Å². The van der Waals surface area contributed by atoms with Crippen LogP contribution in [0.1, 0.15) is 40.6 Å². The van der Waals surface area contributed by atoms with Crippen LogP contribution in [0.5, 0.6) is 0 Å². The van der Waals surface area contributed by atoms with E-state index in [2.05, 4.69) is 21.5 Å². The molecule has 3 rings (SSSR count). The summed E-state index contributed by atoms with van der Waals surface area (Å²) >= 11 is 1.53. The lowest BCUT2D eigenvalue weighted by atomic mass is 10.2. The van der Waals surface area contributed by atoms with Crippen LogP contribution in [0.3, 0.4) is 0 Å².